The summed E-state index contributed by atoms with van der Waals surface area (Å²) >= 11 is 5.67. The Morgan fingerprint density at radius 1 is 1.00 bits per heavy atom. The Morgan fingerprint density at radius 3 is 2.08 bits per heavy atom. The van der Waals surface area contributed by atoms with Crippen LogP contribution in [0, 0.1) is 5.82 Å². The van der Waals surface area contributed by atoms with Gasteiger partial charge in [-0.15, -0.1) is 5.11 Å². The van der Waals surface area contributed by atoms with Crippen molar-refractivity contribution in [3.05, 3.63) is 70.6 Å². The molecule has 1 N–H and O–H groups in total. The first-order valence-electron chi connectivity index (χ1n) is 6.66. The van der Waals surface area contributed by atoms with Gasteiger partial charge < -0.3 is 5.11 Å². The number of halogens is 5. The Kier molecular flexibility index (Phi) is 5.53. The van der Waals surface area contributed by atoms with E-state index in [1.807, 2.05) is 0 Å². The number of allylic oxidation sites excluding steroid dienone is 1. The molecule has 0 aliphatic heterocycles. The lowest BCUT2D eigenvalue weighted by molar-refractivity contribution is -0.166. The fraction of sp³-hybridized carbons (Fsp3) is 0.0625. The highest BCUT2D eigenvalue weighted by atomic mass is 35.5. The van der Waals surface area contributed by atoms with Gasteiger partial charge in [0.25, 0.3) is 5.78 Å². The van der Waals surface area contributed by atoms with Gasteiger partial charge in [-0.3, -0.25) is 4.79 Å². The smallest absolute Gasteiger partial charge is 0.456 e. The summed E-state index contributed by atoms with van der Waals surface area (Å²) in [5.41, 5.74) is -1.40. The minimum atomic E-state index is -5.27. The highest BCUT2D eigenvalue weighted by Crippen LogP contribution is 2.28. The van der Waals surface area contributed by atoms with Gasteiger partial charge in [0, 0.05) is 10.6 Å². The Hall–Kier alpha value is -2.74. The summed E-state index contributed by atoms with van der Waals surface area (Å²) in [6, 6.07) is 9.40. The Bertz CT molecular complexity index is 829. The van der Waals surface area contributed by atoms with Crippen LogP contribution in [0.5, 0.6) is 0 Å². The van der Waals surface area contributed by atoms with Crippen LogP contribution >= 0.6 is 11.6 Å². The summed E-state index contributed by atoms with van der Waals surface area (Å²) in [5.74, 6) is -3.96. The van der Waals surface area contributed by atoms with Crippen LogP contribution in [0.2, 0.25) is 5.02 Å². The number of hydrogen-bond acceptors (Lipinski definition) is 4. The number of aliphatic hydroxyl groups excluding tert-OH is 1. The molecule has 0 aliphatic rings. The van der Waals surface area contributed by atoms with Crippen LogP contribution in [-0.4, -0.2) is 17.1 Å². The van der Waals surface area contributed by atoms with Crippen molar-refractivity contribution in [3.63, 3.8) is 0 Å². The lowest BCUT2D eigenvalue weighted by atomic mass is 10.1. The van der Waals surface area contributed by atoms with Crippen LogP contribution in [0.25, 0.3) is 5.76 Å². The fourth-order valence-electron chi connectivity index (χ4n) is 1.69. The number of nitrogens with zero attached hydrogens (tertiary/aromatic N) is 2. The average Bonchev–Trinajstić information content (AvgIpc) is 2.56. The van der Waals surface area contributed by atoms with Gasteiger partial charge in [0.1, 0.15) is 5.82 Å². The number of Topliss-reactive ketones (excluding diaryl/α,β-unsaturated/α-hetero) is 1. The third-order valence-corrected chi connectivity index (χ3v) is 3.16. The van der Waals surface area contributed by atoms with Crippen LogP contribution < -0.4 is 0 Å². The molecule has 130 valence electrons. The predicted octanol–water partition coefficient (Wildman–Crippen LogP) is 5.62. The van der Waals surface area contributed by atoms with Crippen molar-refractivity contribution < 1.29 is 27.5 Å². The number of azo groups is 1. The summed E-state index contributed by atoms with van der Waals surface area (Å²) in [6.07, 6.45) is -5.27. The van der Waals surface area contributed by atoms with Gasteiger partial charge in [0.15, 0.2) is 11.5 Å². The van der Waals surface area contributed by atoms with E-state index < -0.39 is 29.2 Å². The number of rotatable bonds is 4. The minimum absolute atomic E-state index is 0.00205. The molecule has 0 fully saturated rings. The van der Waals surface area contributed by atoms with Crippen molar-refractivity contribution in [2.45, 2.75) is 6.18 Å². The van der Waals surface area contributed by atoms with Gasteiger partial charge >= 0.3 is 6.18 Å². The Balaban J connectivity index is 2.49. The highest BCUT2D eigenvalue weighted by molar-refractivity contribution is 6.30. The molecule has 0 spiro atoms. The third kappa shape index (κ3) is 4.87. The zero-order valence-corrected chi connectivity index (χ0v) is 13.0. The van der Waals surface area contributed by atoms with Crippen molar-refractivity contribution in [3.8, 4) is 0 Å². The second kappa shape index (κ2) is 7.43. The quantitative estimate of drug-likeness (QED) is 0.327. The molecule has 0 amide bonds. The molecule has 2 aromatic rings. The molecule has 0 atom stereocenters. The number of hydrogen-bond donors (Lipinski definition) is 1. The van der Waals surface area contributed by atoms with Crippen molar-refractivity contribution >= 4 is 28.8 Å². The lowest BCUT2D eigenvalue weighted by Crippen LogP contribution is -2.24. The van der Waals surface area contributed by atoms with Gasteiger partial charge in [0.05, 0.1) is 5.69 Å². The maximum atomic E-state index is 12.8. The first kappa shape index (κ1) is 18.6. The average molecular weight is 373 g/mol. The molecule has 0 unspecified atom stereocenters. The number of carbonyl (C=O) groups excluding carboxylic acids is 1. The third-order valence-electron chi connectivity index (χ3n) is 2.91. The van der Waals surface area contributed by atoms with E-state index in [-0.39, 0.29) is 16.3 Å². The monoisotopic (exact) mass is 372 g/mol. The van der Waals surface area contributed by atoms with E-state index in [0.29, 0.717) is 0 Å². The highest BCUT2D eigenvalue weighted by Gasteiger charge is 2.43. The van der Waals surface area contributed by atoms with Gasteiger partial charge in [-0.05, 0) is 48.5 Å². The molecule has 2 rings (SSSR count). The van der Waals surface area contributed by atoms with E-state index in [9.17, 15) is 27.5 Å². The summed E-state index contributed by atoms with van der Waals surface area (Å²) in [6.45, 7) is 0. The first-order chi connectivity index (χ1) is 11.7. The molecule has 25 heavy (non-hydrogen) atoms. The second-order valence-electron chi connectivity index (χ2n) is 4.71. The first-order valence-corrected chi connectivity index (χ1v) is 7.04. The number of alkyl halides is 3. The molecule has 0 aromatic heterocycles. The number of ketones is 1. The van der Waals surface area contributed by atoms with Crippen LogP contribution in [0.1, 0.15) is 5.56 Å². The van der Waals surface area contributed by atoms with Gasteiger partial charge in [-0.1, -0.05) is 11.6 Å². The zero-order chi connectivity index (χ0) is 18.6. The Labute approximate surface area is 144 Å². The molecule has 0 bridgehead atoms. The fourth-order valence-corrected chi connectivity index (χ4v) is 1.82. The van der Waals surface area contributed by atoms with Gasteiger partial charge in [0.2, 0.25) is 0 Å². The van der Waals surface area contributed by atoms with Crippen LogP contribution in [-0.2, 0) is 4.79 Å². The topological polar surface area (TPSA) is 62.0 Å². The van der Waals surface area contributed by atoms with E-state index in [0.717, 1.165) is 24.3 Å². The molecule has 0 radical (unpaired) electrons. The second-order valence-corrected chi connectivity index (χ2v) is 5.14. The van der Waals surface area contributed by atoms with Crippen LogP contribution in [0.4, 0.5) is 23.2 Å². The predicted molar refractivity (Wildman–Crippen MR) is 83.0 cm³/mol. The lowest BCUT2D eigenvalue weighted by Gasteiger charge is -2.08. The minimum Gasteiger partial charge on any atom is -0.505 e. The summed E-state index contributed by atoms with van der Waals surface area (Å²) in [7, 11) is 0. The maximum absolute atomic E-state index is 12.8. The maximum Gasteiger partial charge on any atom is 0.456 e. The summed E-state index contributed by atoms with van der Waals surface area (Å²) in [4.78, 5) is 11.5. The van der Waals surface area contributed by atoms with E-state index >= 15 is 0 Å². The van der Waals surface area contributed by atoms with Crippen molar-refractivity contribution in [1.82, 2.24) is 0 Å². The van der Waals surface area contributed by atoms with Crippen molar-refractivity contribution in [1.29, 1.82) is 0 Å². The van der Waals surface area contributed by atoms with Gasteiger partial charge in [-0.2, -0.15) is 18.3 Å². The molecule has 0 aliphatic carbocycles. The summed E-state index contributed by atoms with van der Waals surface area (Å²) < 4.78 is 51.1. The SMILES string of the molecule is O=C(C(N=Nc1ccc(F)cc1)=C(O)c1ccc(Cl)cc1)C(F)(F)F. The number of carbonyl (C=O) groups is 1. The van der Waals surface area contributed by atoms with Crippen LogP contribution in [0.3, 0.4) is 0 Å². The van der Waals surface area contributed by atoms with Crippen molar-refractivity contribution in [2.24, 2.45) is 10.2 Å². The molecular formula is C16H9ClF4N2O2. The molecule has 0 saturated carbocycles. The van der Waals surface area contributed by atoms with Crippen LogP contribution in [0.15, 0.2) is 64.5 Å². The van der Waals surface area contributed by atoms with E-state index in [4.69, 9.17) is 11.6 Å². The molecule has 2 aromatic carbocycles. The standard InChI is InChI=1S/C16H9ClF4N2O2/c17-10-3-1-9(2-4-10)14(24)13(15(25)16(19,20)21)23-22-12-7-5-11(18)6-8-12/h1-8,24H. The number of benzene rings is 2. The van der Waals surface area contributed by atoms with E-state index in [2.05, 4.69) is 10.2 Å². The normalized spacial score (nSPS) is 13.0. The van der Waals surface area contributed by atoms with Crippen molar-refractivity contribution in [2.75, 3.05) is 0 Å². The molecule has 0 heterocycles. The summed E-state index contributed by atoms with van der Waals surface area (Å²) in [5, 5.41) is 17.0. The zero-order valence-electron chi connectivity index (χ0n) is 12.3. The van der Waals surface area contributed by atoms with E-state index in [1.54, 1.807) is 0 Å². The molecule has 0 saturated heterocycles. The largest absolute Gasteiger partial charge is 0.505 e. The number of aliphatic hydroxyl groups is 1. The molecule has 4 nitrogen and oxygen atoms in total. The van der Waals surface area contributed by atoms with Gasteiger partial charge in [-0.25, -0.2) is 4.39 Å². The van der Waals surface area contributed by atoms with E-state index in [1.165, 1.54) is 24.3 Å². The Morgan fingerprint density at radius 2 is 1.56 bits per heavy atom. The molecular weight excluding hydrogens is 364 g/mol. The molecule has 9 heteroatoms.